The van der Waals surface area contributed by atoms with Crippen LogP contribution in [0.4, 0.5) is 0 Å². The number of carbonyl (C=O) groups is 1. The topological polar surface area (TPSA) is 94.1 Å². The second-order valence-electron chi connectivity index (χ2n) is 14.3. The summed E-state index contributed by atoms with van der Waals surface area (Å²) < 4.78 is 34.3. The molecule has 0 rings (SSSR count). The third-order valence-electron chi connectivity index (χ3n) is 7.96. The number of esters is 1. The lowest BCUT2D eigenvalue weighted by atomic mass is 10.1. The first-order valence-electron chi connectivity index (χ1n) is 20.3. The number of phosphoric ester groups is 1. The average molecular weight is 762 g/mol. The summed E-state index contributed by atoms with van der Waals surface area (Å²) in [6.45, 7) is 5.09. The molecule has 0 heterocycles. The van der Waals surface area contributed by atoms with Crippen molar-refractivity contribution in [3.63, 3.8) is 0 Å². The fourth-order valence-corrected chi connectivity index (χ4v) is 5.55. The Morgan fingerprint density at radius 3 is 1.60 bits per heavy atom. The van der Waals surface area contributed by atoms with Gasteiger partial charge in [-0.15, -0.1) is 0 Å². The van der Waals surface area contributed by atoms with Crippen LogP contribution in [0.5, 0.6) is 0 Å². The maximum absolute atomic E-state index is 12.5. The third kappa shape index (κ3) is 40.7. The van der Waals surface area contributed by atoms with Gasteiger partial charge < -0.3 is 27.9 Å². The Morgan fingerprint density at radius 1 is 0.604 bits per heavy atom. The number of ether oxygens (including phenoxy) is 2. The van der Waals surface area contributed by atoms with E-state index in [1.54, 1.807) is 0 Å². The van der Waals surface area contributed by atoms with Crippen LogP contribution < -0.4 is 4.89 Å². The molecular weight excluding hydrogens is 685 g/mol. The van der Waals surface area contributed by atoms with E-state index in [0.717, 1.165) is 83.5 Å². The van der Waals surface area contributed by atoms with Gasteiger partial charge in [-0.3, -0.25) is 9.36 Å². The van der Waals surface area contributed by atoms with E-state index >= 15 is 0 Å². The Kier molecular flexibility index (Phi) is 35.0. The summed E-state index contributed by atoms with van der Waals surface area (Å²) in [7, 11) is 1.31. The zero-order chi connectivity index (χ0) is 39.1. The van der Waals surface area contributed by atoms with Crippen molar-refractivity contribution in [2.24, 2.45) is 0 Å². The van der Waals surface area contributed by atoms with Crippen LogP contribution in [0.2, 0.25) is 0 Å². The number of rotatable bonds is 36. The van der Waals surface area contributed by atoms with Crippen molar-refractivity contribution in [3.05, 3.63) is 85.1 Å². The summed E-state index contributed by atoms with van der Waals surface area (Å²) in [6, 6.07) is 0. The Balaban J connectivity index is 4.25. The number of likely N-dealkylation sites (N-methyl/N-ethyl adjacent to an activating group) is 1. The minimum atomic E-state index is -4.53. The molecule has 0 bridgehead atoms. The van der Waals surface area contributed by atoms with Crippen LogP contribution in [0, 0.1) is 0 Å². The van der Waals surface area contributed by atoms with E-state index in [4.69, 9.17) is 18.5 Å². The van der Waals surface area contributed by atoms with Crippen molar-refractivity contribution in [1.29, 1.82) is 0 Å². The Labute approximate surface area is 325 Å². The monoisotopic (exact) mass is 762 g/mol. The van der Waals surface area contributed by atoms with Crippen molar-refractivity contribution >= 4 is 13.8 Å². The first-order valence-corrected chi connectivity index (χ1v) is 21.8. The molecule has 0 aliphatic heterocycles. The molecular formula is C44H76NO7P. The van der Waals surface area contributed by atoms with Gasteiger partial charge in [0, 0.05) is 13.0 Å². The van der Waals surface area contributed by atoms with E-state index in [0.29, 0.717) is 24.1 Å². The van der Waals surface area contributed by atoms with E-state index in [1.807, 2.05) is 21.1 Å². The molecule has 0 spiro atoms. The van der Waals surface area contributed by atoms with Gasteiger partial charge in [-0.1, -0.05) is 137 Å². The normalized spacial score (nSPS) is 14.8. The van der Waals surface area contributed by atoms with Gasteiger partial charge in [-0.05, 0) is 70.6 Å². The van der Waals surface area contributed by atoms with Crippen molar-refractivity contribution < 1.29 is 37.3 Å². The number of carbonyl (C=O) groups excluding carboxylic acids is 1. The minimum absolute atomic E-state index is 0.0132. The first kappa shape index (κ1) is 50.7. The summed E-state index contributed by atoms with van der Waals surface area (Å²) in [4.78, 5) is 24.8. The highest BCUT2D eigenvalue weighted by atomic mass is 31.2. The van der Waals surface area contributed by atoms with E-state index in [-0.39, 0.29) is 25.8 Å². The van der Waals surface area contributed by atoms with Gasteiger partial charge in [-0.2, -0.15) is 0 Å². The maximum Gasteiger partial charge on any atom is 0.306 e. The van der Waals surface area contributed by atoms with Crippen LogP contribution in [-0.2, 0) is 27.9 Å². The summed E-state index contributed by atoms with van der Waals surface area (Å²) in [5.74, 6) is -0.362. The zero-order valence-electron chi connectivity index (χ0n) is 34.2. The van der Waals surface area contributed by atoms with Crippen LogP contribution in [-0.4, -0.2) is 70.7 Å². The van der Waals surface area contributed by atoms with Gasteiger partial charge in [0.05, 0.1) is 34.4 Å². The summed E-state index contributed by atoms with van der Waals surface area (Å²) in [6.07, 6.45) is 47.7. The number of quaternary nitrogens is 1. The fourth-order valence-electron chi connectivity index (χ4n) is 4.82. The Bertz CT molecular complexity index is 1120. The number of phosphoric acid groups is 1. The van der Waals surface area contributed by atoms with Crippen LogP contribution in [0.25, 0.3) is 0 Å². The van der Waals surface area contributed by atoms with Gasteiger partial charge in [0.25, 0.3) is 7.82 Å². The van der Waals surface area contributed by atoms with Crippen LogP contribution >= 0.6 is 7.82 Å². The molecule has 2 atom stereocenters. The quantitative estimate of drug-likeness (QED) is 0.0206. The highest BCUT2D eigenvalue weighted by Crippen LogP contribution is 2.38. The van der Waals surface area contributed by atoms with Gasteiger partial charge in [0.2, 0.25) is 0 Å². The number of allylic oxidation sites excluding steroid dienone is 14. The molecule has 304 valence electrons. The van der Waals surface area contributed by atoms with E-state index in [9.17, 15) is 14.3 Å². The van der Waals surface area contributed by atoms with Crippen LogP contribution in [0.3, 0.4) is 0 Å². The van der Waals surface area contributed by atoms with Crippen molar-refractivity contribution in [2.45, 2.75) is 136 Å². The lowest BCUT2D eigenvalue weighted by Crippen LogP contribution is -2.37. The van der Waals surface area contributed by atoms with E-state index in [1.165, 1.54) is 25.7 Å². The molecule has 0 aliphatic carbocycles. The molecule has 2 unspecified atom stereocenters. The van der Waals surface area contributed by atoms with Crippen LogP contribution in [0.1, 0.15) is 129 Å². The summed E-state index contributed by atoms with van der Waals surface area (Å²) in [5, 5.41) is 0. The second-order valence-corrected chi connectivity index (χ2v) is 15.7. The molecule has 53 heavy (non-hydrogen) atoms. The molecule has 0 amide bonds. The number of nitrogens with zero attached hydrogens (tertiary/aromatic N) is 1. The van der Waals surface area contributed by atoms with Gasteiger partial charge in [-0.25, -0.2) is 0 Å². The Morgan fingerprint density at radius 2 is 1.09 bits per heavy atom. The predicted octanol–water partition coefficient (Wildman–Crippen LogP) is 11.1. The summed E-state index contributed by atoms with van der Waals surface area (Å²) in [5.41, 5.74) is 0. The Hall–Kier alpha value is -2.32. The zero-order valence-corrected chi connectivity index (χ0v) is 35.1. The largest absolute Gasteiger partial charge is 0.756 e. The molecule has 0 aromatic carbocycles. The standard InChI is InChI=1S/C44H76NO7P/c1-6-8-10-12-14-15-16-17-18-19-20-21-22-23-24-25-26-27-28-29-30-32-34-36-39-49-41-43(42-51-53(47,48)50-40-38-45(3,4)5)52-44(46)37-35-33-31-13-11-9-7-2/h8,10,14-15,17-18,20-21,23-24,26-27,29-30,43H,6-7,9,11-13,16,19,22,25,28,31-42H2,1-5H3/b10-8-,15-14-,18-17-,21-20-,24-23-,27-26-,30-29-. The molecule has 8 nitrogen and oxygen atoms in total. The molecule has 0 saturated heterocycles. The van der Waals surface area contributed by atoms with Crippen molar-refractivity contribution in [1.82, 2.24) is 0 Å². The van der Waals surface area contributed by atoms with Crippen LogP contribution in [0.15, 0.2) is 85.1 Å². The molecule has 0 aromatic heterocycles. The fraction of sp³-hybridized carbons (Fsp3) is 0.659. The average Bonchev–Trinajstić information content (AvgIpc) is 3.11. The highest BCUT2D eigenvalue weighted by molar-refractivity contribution is 7.45. The van der Waals surface area contributed by atoms with Gasteiger partial charge in [0.15, 0.2) is 0 Å². The summed E-state index contributed by atoms with van der Waals surface area (Å²) >= 11 is 0. The van der Waals surface area contributed by atoms with Crippen molar-refractivity contribution in [2.75, 3.05) is 54.1 Å². The number of hydrogen-bond acceptors (Lipinski definition) is 7. The van der Waals surface area contributed by atoms with Crippen molar-refractivity contribution in [3.8, 4) is 0 Å². The molecule has 0 radical (unpaired) electrons. The molecule has 0 saturated carbocycles. The SMILES string of the molecule is CC/C=C\C/C=C\C/C=C\C/C=C\C/C=C\C/C=C\C/C=C\CCCCOCC(COP(=O)([O-])OCC[N+](C)(C)C)OC(=O)CCCCCCCCC. The lowest BCUT2D eigenvalue weighted by Gasteiger charge is -2.28. The van der Waals surface area contributed by atoms with E-state index < -0.39 is 13.9 Å². The maximum atomic E-state index is 12.5. The van der Waals surface area contributed by atoms with Gasteiger partial charge in [0.1, 0.15) is 19.3 Å². The molecule has 0 fully saturated rings. The van der Waals surface area contributed by atoms with Gasteiger partial charge >= 0.3 is 5.97 Å². The third-order valence-corrected chi connectivity index (χ3v) is 8.93. The highest BCUT2D eigenvalue weighted by Gasteiger charge is 2.20. The molecule has 0 N–H and O–H groups in total. The molecule has 9 heteroatoms. The predicted molar refractivity (Wildman–Crippen MR) is 222 cm³/mol. The number of unbranched alkanes of at least 4 members (excludes halogenated alkanes) is 8. The molecule has 0 aromatic rings. The lowest BCUT2D eigenvalue weighted by molar-refractivity contribution is -0.870. The smallest absolute Gasteiger partial charge is 0.306 e. The molecule has 0 aliphatic rings. The first-order chi connectivity index (χ1) is 25.6. The van der Waals surface area contributed by atoms with E-state index in [2.05, 4.69) is 98.9 Å². The minimum Gasteiger partial charge on any atom is -0.756 e. The number of hydrogen-bond donors (Lipinski definition) is 0. The second kappa shape index (κ2) is 36.6.